The Kier molecular flexibility index (Phi) is 4.20. The first-order chi connectivity index (χ1) is 6.72. The maximum absolute atomic E-state index is 5.95. The molecule has 0 amide bonds. The Balaban J connectivity index is 2.95. The summed E-state index contributed by atoms with van der Waals surface area (Å²) in [5.74, 6) is 0.640. The summed E-state index contributed by atoms with van der Waals surface area (Å²) in [7, 11) is 4.73. The van der Waals surface area contributed by atoms with Gasteiger partial charge in [0.1, 0.15) is 5.75 Å². The highest BCUT2D eigenvalue weighted by Crippen LogP contribution is 2.28. The van der Waals surface area contributed by atoms with E-state index in [2.05, 4.69) is 0 Å². The van der Waals surface area contributed by atoms with Gasteiger partial charge in [-0.05, 0) is 12.1 Å². The van der Waals surface area contributed by atoms with Crippen LogP contribution in [0.1, 0.15) is 11.9 Å². The summed E-state index contributed by atoms with van der Waals surface area (Å²) in [6.45, 7) is 0. The van der Waals surface area contributed by atoms with Gasteiger partial charge in [-0.3, -0.25) is 0 Å². The predicted octanol–water partition coefficient (Wildman–Crippen LogP) is 2.64. The maximum Gasteiger partial charge on any atom is 0.183 e. The Morgan fingerprint density at radius 2 is 1.79 bits per heavy atom. The highest BCUT2D eigenvalue weighted by Gasteiger charge is 2.10. The highest BCUT2D eigenvalue weighted by atomic mass is 35.5. The lowest BCUT2D eigenvalue weighted by atomic mass is 10.2. The first-order valence-electron chi connectivity index (χ1n) is 4.12. The molecular formula is C10H13ClO3. The summed E-state index contributed by atoms with van der Waals surface area (Å²) < 4.78 is 15.2. The van der Waals surface area contributed by atoms with E-state index in [0.29, 0.717) is 10.8 Å². The third kappa shape index (κ3) is 2.38. The molecule has 14 heavy (non-hydrogen) atoms. The van der Waals surface area contributed by atoms with Gasteiger partial charge in [-0.2, -0.15) is 0 Å². The van der Waals surface area contributed by atoms with Crippen LogP contribution in [0.3, 0.4) is 0 Å². The molecule has 0 saturated carbocycles. The Bertz CT molecular complexity index is 297. The van der Waals surface area contributed by atoms with Gasteiger partial charge in [-0.1, -0.05) is 17.7 Å². The largest absolute Gasteiger partial charge is 0.495 e. The number of hydrogen-bond acceptors (Lipinski definition) is 3. The van der Waals surface area contributed by atoms with E-state index >= 15 is 0 Å². The number of rotatable bonds is 4. The van der Waals surface area contributed by atoms with Crippen molar-refractivity contribution in [2.45, 2.75) is 6.29 Å². The summed E-state index contributed by atoms with van der Waals surface area (Å²) in [4.78, 5) is 0. The van der Waals surface area contributed by atoms with E-state index in [9.17, 15) is 0 Å². The smallest absolute Gasteiger partial charge is 0.183 e. The minimum atomic E-state index is -0.390. The summed E-state index contributed by atoms with van der Waals surface area (Å²) in [6, 6.07) is 5.39. The van der Waals surface area contributed by atoms with Crippen LogP contribution in [0.15, 0.2) is 18.2 Å². The van der Waals surface area contributed by atoms with Crippen molar-refractivity contribution in [3.8, 4) is 5.75 Å². The second-order valence-corrected chi connectivity index (χ2v) is 3.10. The van der Waals surface area contributed by atoms with Gasteiger partial charge in [0.15, 0.2) is 6.29 Å². The van der Waals surface area contributed by atoms with E-state index in [4.69, 9.17) is 25.8 Å². The predicted molar refractivity (Wildman–Crippen MR) is 54.8 cm³/mol. The lowest BCUT2D eigenvalue weighted by molar-refractivity contribution is -0.106. The van der Waals surface area contributed by atoms with E-state index in [1.807, 2.05) is 6.07 Å². The molecule has 3 nitrogen and oxygen atoms in total. The van der Waals surface area contributed by atoms with Gasteiger partial charge in [0.05, 0.1) is 12.1 Å². The van der Waals surface area contributed by atoms with Crippen LogP contribution in [-0.2, 0) is 9.47 Å². The molecule has 4 heteroatoms. The van der Waals surface area contributed by atoms with Crippen LogP contribution in [-0.4, -0.2) is 21.3 Å². The molecule has 0 aromatic heterocycles. The van der Waals surface area contributed by atoms with Crippen LogP contribution in [0.25, 0.3) is 0 Å². The molecule has 0 spiro atoms. The number of methoxy groups -OCH3 is 3. The molecule has 78 valence electrons. The normalized spacial score (nSPS) is 10.6. The zero-order chi connectivity index (χ0) is 10.6. The summed E-state index contributed by atoms with van der Waals surface area (Å²) in [5.41, 5.74) is 0.862. The van der Waals surface area contributed by atoms with Crippen LogP contribution in [0.2, 0.25) is 5.02 Å². The number of ether oxygens (including phenoxy) is 3. The fourth-order valence-corrected chi connectivity index (χ4v) is 1.46. The average molecular weight is 217 g/mol. The standard InChI is InChI=1S/C10H13ClO3/c1-12-9-5-4-7(6-8(9)11)10(13-2)14-3/h4-6,10H,1-3H3. The van der Waals surface area contributed by atoms with Gasteiger partial charge >= 0.3 is 0 Å². The molecule has 0 atom stereocenters. The zero-order valence-electron chi connectivity index (χ0n) is 8.41. The number of benzene rings is 1. The lowest BCUT2D eigenvalue weighted by Crippen LogP contribution is -2.03. The molecule has 0 aliphatic heterocycles. The van der Waals surface area contributed by atoms with E-state index in [0.717, 1.165) is 5.56 Å². The van der Waals surface area contributed by atoms with Crippen LogP contribution in [0.4, 0.5) is 0 Å². The fourth-order valence-electron chi connectivity index (χ4n) is 1.20. The molecule has 1 aromatic rings. The van der Waals surface area contributed by atoms with E-state index in [1.54, 1.807) is 33.5 Å². The average Bonchev–Trinajstić information content (AvgIpc) is 2.20. The first-order valence-corrected chi connectivity index (χ1v) is 4.49. The van der Waals surface area contributed by atoms with E-state index in [-0.39, 0.29) is 0 Å². The van der Waals surface area contributed by atoms with Gasteiger partial charge in [-0.25, -0.2) is 0 Å². The molecule has 1 rings (SSSR count). The topological polar surface area (TPSA) is 27.7 Å². The lowest BCUT2D eigenvalue weighted by Gasteiger charge is -2.14. The van der Waals surface area contributed by atoms with Crippen LogP contribution < -0.4 is 4.74 Å². The van der Waals surface area contributed by atoms with Gasteiger partial charge < -0.3 is 14.2 Å². The molecule has 0 aliphatic rings. The zero-order valence-corrected chi connectivity index (χ0v) is 9.17. The van der Waals surface area contributed by atoms with Gasteiger partial charge in [-0.15, -0.1) is 0 Å². The number of hydrogen-bond donors (Lipinski definition) is 0. The molecule has 0 fully saturated rings. The quantitative estimate of drug-likeness (QED) is 0.725. The van der Waals surface area contributed by atoms with Crippen LogP contribution in [0.5, 0.6) is 5.75 Å². The van der Waals surface area contributed by atoms with E-state index in [1.165, 1.54) is 0 Å². The van der Waals surface area contributed by atoms with Crippen LogP contribution in [0, 0.1) is 0 Å². The van der Waals surface area contributed by atoms with Crippen LogP contribution >= 0.6 is 11.6 Å². The van der Waals surface area contributed by atoms with Crippen molar-refractivity contribution in [1.29, 1.82) is 0 Å². The van der Waals surface area contributed by atoms with Gasteiger partial charge in [0.25, 0.3) is 0 Å². The van der Waals surface area contributed by atoms with Crippen molar-refractivity contribution < 1.29 is 14.2 Å². The Morgan fingerprint density at radius 1 is 1.14 bits per heavy atom. The van der Waals surface area contributed by atoms with Gasteiger partial charge in [0, 0.05) is 19.8 Å². The SMILES string of the molecule is COc1ccc(C(OC)OC)cc1Cl. The van der Waals surface area contributed by atoms with E-state index < -0.39 is 6.29 Å². The minimum Gasteiger partial charge on any atom is -0.495 e. The molecular weight excluding hydrogens is 204 g/mol. The number of halogens is 1. The molecule has 0 aliphatic carbocycles. The fraction of sp³-hybridized carbons (Fsp3) is 0.400. The maximum atomic E-state index is 5.95. The van der Waals surface area contributed by atoms with Crippen molar-refractivity contribution in [1.82, 2.24) is 0 Å². The Hall–Kier alpha value is -0.770. The summed E-state index contributed by atoms with van der Waals surface area (Å²) in [6.07, 6.45) is -0.390. The minimum absolute atomic E-state index is 0.390. The summed E-state index contributed by atoms with van der Waals surface area (Å²) in [5, 5.41) is 0.545. The van der Waals surface area contributed by atoms with Gasteiger partial charge in [0.2, 0.25) is 0 Å². The monoisotopic (exact) mass is 216 g/mol. The molecule has 0 heterocycles. The van der Waals surface area contributed by atoms with Crippen molar-refractivity contribution in [3.05, 3.63) is 28.8 Å². The van der Waals surface area contributed by atoms with Crippen molar-refractivity contribution in [3.63, 3.8) is 0 Å². The second-order valence-electron chi connectivity index (χ2n) is 2.70. The van der Waals surface area contributed by atoms with Crippen molar-refractivity contribution >= 4 is 11.6 Å². The third-order valence-corrected chi connectivity index (χ3v) is 2.17. The van der Waals surface area contributed by atoms with Crippen molar-refractivity contribution in [2.75, 3.05) is 21.3 Å². The molecule has 0 unspecified atom stereocenters. The molecule has 0 radical (unpaired) electrons. The Morgan fingerprint density at radius 3 is 2.21 bits per heavy atom. The molecule has 0 saturated heterocycles. The van der Waals surface area contributed by atoms with Crippen molar-refractivity contribution in [2.24, 2.45) is 0 Å². The molecule has 0 bridgehead atoms. The third-order valence-electron chi connectivity index (χ3n) is 1.88. The second kappa shape index (κ2) is 5.20. The molecule has 1 aromatic carbocycles. The highest BCUT2D eigenvalue weighted by molar-refractivity contribution is 6.32. The molecule has 0 N–H and O–H groups in total. The Labute approximate surface area is 88.5 Å². The first kappa shape index (κ1) is 11.3. The summed E-state index contributed by atoms with van der Waals surface area (Å²) >= 11 is 5.95.